The van der Waals surface area contributed by atoms with Gasteiger partial charge in [0.15, 0.2) is 23.0 Å². The summed E-state index contributed by atoms with van der Waals surface area (Å²) in [7, 11) is 2.41. The van der Waals surface area contributed by atoms with Crippen LogP contribution in [0.1, 0.15) is 60.8 Å². The first-order valence-electron chi connectivity index (χ1n) is 16.6. The SMILES string of the molecule is COc1cc(C(=O)O[C@H](C(=O)O)[C@@H](OC(=O)c2ccc(OC(C)=O)c(OC)c2)C(=O)NNC(=O)c2ccc(NC(=O)c3cccc(C)c3)cc2)ccc1OC(C)=O. The molecule has 4 N–H and O–H groups in total. The molecule has 0 aliphatic heterocycles. The molecule has 0 saturated carbocycles. The van der Waals surface area contributed by atoms with Gasteiger partial charge in [0, 0.05) is 30.7 Å². The van der Waals surface area contributed by atoms with E-state index in [2.05, 4.69) is 10.7 Å². The summed E-state index contributed by atoms with van der Waals surface area (Å²) in [5, 5.41) is 12.8. The summed E-state index contributed by atoms with van der Waals surface area (Å²) >= 11 is 0. The zero-order chi connectivity index (χ0) is 41.8. The second-order valence-corrected chi connectivity index (χ2v) is 11.8. The Balaban J connectivity index is 1.57. The van der Waals surface area contributed by atoms with Gasteiger partial charge in [-0.2, -0.15) is 0 Å². The Bertz CT molecular complexity index is 2220. The highest BCUT2D eigenvalue weighted by Crippen LogP contribution is 2.30. The Kier molecular flexibility index (Phi) is 14.0. The van der Waals surface area contributed by atoms with E-state index in [0.29, 0.717) is 11.3 Å². The number of aryl methyl sites for hydroxylation is 1. The maximum Gasteiger partial charge on any atom is 0.349 e. The Morgan fingerprint density at radius 3 is 1.54 bits per heavy atom. The smallest absolute Gasteiger partial charge is 0.349 e. The minimum atomic E-state index is -2.53. The van der Waals surface area contributed by atoms with Crippen molar-refractivity contribution in [2.45, 2.75) is 33.0 Å². The first-order valence-corrected chi connectivity index (χ1v) is 16.6. The fourth-order valence-corrected chi connectivity index (χ4v) is 4.88. The van der Waals surface area contributed by atoms with Crippen LogP contribution in [0.4, 0.5) is 5.69 Å². The van der Waals surface area contributed by atoms with Crippen molar-refractivity contribution in [3.63, 3.8) is 0 Å². The monoisotopic (exact) mass is 785 g/mol. The molecule has 2 atom stereocenters. The molecular formula is C39H35N3O15. The van der Waals surface area contributed by atoms with Crippen LogP contribution in [0.25, 0.3) is 0 Å². The number of carboxylic acid groups (broad SMARTS) is 1. The third-order valence-corrected chi connectivity index (χ3v) is 7.54. The zero-order valence-corrected chi connectivity index (χ0v) is 30.9. The Morgan fingerprint density at radius 1 is 0.561 bits per heavy atom. The molecule has 18 heteroatoms. The van der Waals surface area contributed by atoms with Gasteiger partial charge in [-0.1, -0.05) is 17.7 Å². The second kappa shape index (κ2) is 19.0. The Labute approximate surface area is 323 Å². The number of carbonyl (C=O) groups is 8. The van der Waals surface area contributed by atoms with Gasteiger partial charge < -0.3 is 38.8 Å². The number of benzene rings is 4. The lowest BCUT2D eigenvalue weighted by molar-refractivity contribution is -0.159. The van der Waals surface area contributed by atoms with Crippen LogP contribution in [-0.4, -0.2) is 79.1 Å². The number of esters is 4. The lowest BCUT2D eigenvalue weighted by Gasteiger charge is -2.24. The quantitative estimate of drug-likeness (QED) is 0.0813. The van der Waals surface area contributed by atoms with E-state index in [1.807, 2.05) is 18.4 Å². The lowest BCUT2D eigenvalue weighted by atomic mass is 10.1. The molecule has 4 rings (SSSR count). The molecule has 0 fully saturated rings. The van der Waals surface area contributed by atoms with Gasteiger partial charge >= 0.3 is 29.8 Å². The summed E-state index contributed by atoms with van der Waals surface area (Å²) in [6.45, 7) is 4.09. The normalized spacial score (nSPS) is 11.4. The number of hydrogen-bond donors (Lipinski definition) is 4. The summed E-state index contributed by atoms with van der Waals surface area (Å²) < 4.78 is 30.7. The van der Waals surface area contributed by atoms with Gasteiger partial charge in [0.25, 0.3) is 17.7 Å². The molecule has 0 bridgehead atoms. The number of carbonyl (C=O) groups excluding carboxylic acids is 7. The molecule has 0 radical (unpaired) electrons. The van der Waals surface area contributed by atoms with Crippen molar-refractivity contribution in [3.05, 3.63) is 113 Å². The highest BCUT2D eigenvalue weighted by atomic mass is 16.6. The van der Waals surface area contributed by atoms with Crippen LogP contribution in [-0.2, 0) is 28.7 Å². The molecule has 18 nitrogen and oxygen atoms in total. The number of methoxy groups -OCH3 is 2. The molecule has 3 amide bonds. The van der Waals surface area contributed by atoms with Crippen LogP contribution in [0.3, 0.4) is 0 Å². The Morgan fingerprint density at radius 2 is 1.07 bits per heavy atom. The Hall–Kier alpha value is -7.76. The van der Waals surface area contributed by atoms with Gasteiger partial charge in [-0.25, -0.2) is 14.4 Å². The van der Waals surface area contributed by atoms with Crippen LogP contribution >= 0.6 is 0 Å². The number of nitrogens with one attached hydrogen (secondary N) is 3. The summed E-state index contributed by atoms with van der Waals surface area (Å²) in [6.07, 6.45) is -4.99. The van der Waals surface area contributed by atoms with Gasteiger partial charge in [0.2, 0.25) is 12.2 Å². The first-order chi connectivity index (χ1) is 27.1. The zero-order valence-electron chi connectivity index (χ0n) is 30.9. The van der Waals surface area contributed by atoms with Crippen molar-refractivity contribution >= 4 is 53.3 Å². The number of anilines is 1. The second-order valence-electron chi connectivity index (χ2n) is 11.8. The fraction of sp³-hybridized carbons (Fsp3) is 0.179. The number of rotatable bonds is 14. The number of carboxylic acids is 1. The van der Waals surface area contributed by atoms with Crippen LogP contribution in [0.2, 0.25) is 0 Å². The summed E-state index contributed by atoms with van der Waals surface area (Å²) in [4.78, 5) is 101. The number of hydrazine groups is 1. The van der Waals surface area contributed by atoms with E-state index < -0.39 is 59.8 Å². The topological polar surface area (TPSA) is 248 Å². The minimum Gasteiger partial charge on any atom is -0.493 e. The van der Waals surface area contributed by atoms with E-state index in [4.69, 9.17) is 28.4 Å². The van der Waals surface area contributed by atoms with Crippen molar-refractivity contribution in [2.24, 2.45) is 0 Å². The maximum atomic E-state index is 13.5. The molecule has 0 spiro atoms. The summed E-state index contributed by atoms with van der Waals surface area (Å²) in [5.74, 6) is -9.14. The van der Waals surface area contributed by atoms with Gasteiger partial charge in [-0.05, 0) is 79.7 Å². The summed E-state index contributed by atoms with van der Waals surface area (Å²) in [6, 6.07) is 19.1. The van der Waals surface area contributed by atoms with E-state index in [1.54, 1.807) is 18.2 Å². The molecule has 0 saturated heterocycles. The predicted octanol–water partition coefficient (Wildman–Crippen LogP) is 3.41. The van der Waals surface area contributed by atoms with E-state index in [-0.39, 0.29) is 39.7 Å². The highest BCUT2D eigenvalue weighted by Gasteiger charge is 2.41. The molecule has 0 aliphatic rings. The van der Waals surface area contributed by atoms with E-state index >= 15 is 0 Å². The number of ether oxygens (including phenoxy) is 6. The molecule has 0 aromatic heterocycles. The predicted molar refractivity (Wildman–Crippen MR) is 196 cm³/mol. The fourth-order valence-electron chi connectivity index (χ4n) is 4.88. The van der Waals surface area contributed by atoms with Crippen molar-refractivity contribution in [2.75, 3.05) is 19.5 Å². The van der Waals surface area contributed by atoms with Gasteiger partial charge in [-0.3, -0.25) is 34.8 Å². The van der Waals surface area contributed by atoms with Crippen molar-refractivity contribution in [1.29, 1.82) is 0 Å². The average molecular weight is 786 g/mol. The minimum absolute atomic E-state index is 0.0234. The van der Waals surface area contributed by atoms with Gasteiger partial charge in [0.1, 0.15) is 0 Å². The molecule has 4 aromatic rings. The average Bonchev–Trinajstić information content (AvgIpc) is 3.17. The molecule has 0 heterocycles. The van der Waals surface area contributed by atoms with Crippen molar-refractivity contribution < 1.29 is 71.9 Å². The third kappa shape index (κ3) is 11.4. The lowest BCUT2D eigenvalue weighted by Crippen LogP contribution is -2.54. The van der Waals surface area contributed by atoms with Gasteiger partial charge in [0.05, 0.1) is 25.3 Å². The van der Waals surface area contributed by atoms with Gasteiger partial charge in [-0.15, -0.1) is 0 Å². The van der Waals surface area contributed by atoms with E-state index in [1.165, 1.54) is 50.6 Å². The summed E-state index contributed by atoms with van der Waals surface area (Å²) in [5.41, 5.74) is 5.00. The number of amides is 3. The number of hydrogen-bond acceptors (Lipinski definition) is 14. The third-order valence-electron chi connectivity index (χ3n) is 7.54. The molecule has 4 aromatic carbocycles. The van der Waals surface area contributed by atoms with Crippen LogP contribution in [0, 0.1) is 6.92 Å². The van der Waals surface area contributed by atoms with Crippen molar-refractivity contribution in [3.8, 4) is 23.0 Å². The molecule has 296 valence electrons. The first kappa shape index (κ1) is 42.0. The van der Waals surface area contributed by atoms with Crippen molar-refractivity contribution in [1.82, 2.24) is 10.9 Å². The maximum absolute atomic E-state index is 13.5. The molecule has 57 heavy (non-hydrogen) atoms. The van der Waals surface area contributed by atoms with Crippen LogP contribution in [0.15, 0.2) is 84.9 Å². The number of aliphatic carboxylic acids is 1. The molecular weight excluding hydrogens is 750 g/mol. The van der Waals surface area contributed by atoms with Crippen LogP contribution < -0.4 is 35.1 Å². The van der Waals surface area contributed by atoms with Crippen LogP contribution in [0.5, 0.6) is 23.0 Å². The standard InChI is InChI=1S/C39H35N3O15/c1-20-7-6-8-24(17-20)34(45)40-27-13-9-23(10-14-27)35(46)41-42-36(47)32(56-38(50)25-11-15-28(54-21(2)43)30(18-25)52-4)33(37(48)49)57-39(51)26-12-16-29(55-22(3)44)31(19-26)53-5/h6-19,32-33H,1-5H3,(H,40,45)(H,41,46)(H,42,47)(H,48,49)/t32-,33+/m1/s1. The van der Waals surface area contributed by atoms with E-state index in [0.717, 1.165) is 43.7 Å². The molecule has 0 aliphatic carbocycles. The largest absolute Gasteiger partial charge is 0.493 e. The highest BCUT2D eigenvalue weighted by molar-refractivity contribution is 6.05. The molecule has 0 unspecified atom stereocenters. The van der Waals surface area contributed by atoms with E-state index in [9.17, 15) is 43.5 Å².